The van der Waals surface area contributed by atoms with Crippen LogP contribution in [0.4, 0.5) is 0 Å². The van der Waals surface area contributed by atoms with Crippen molar-refractivity contribution in [3.63, 3.8) is 0 Å². The molecule has 0 N–H and O–H groups in total. The third-order valence-electron chi connectivity index (χ3n) is 12.3. The normalized spacial score (nSPS) is 17.4. The zero-order valence-electron chi connectivity index (χ0n) is 40.5. The van der Waals surface area contributed by atoms with Crippen LogP contribution in [0.1, 0.15) is 175 Å². The number of rotatable bonds is 2. The first-order valence-corrected chi connectivity index (χ1v) is 23.9. The standard InChI is InChI=1S/C25H25.C13H21.2C10H13.CH2.Zr/c1-14-12-24(3,4)22-8-16-7-17-9-23-19(15(2)13-25(23,5)6)11-21(17)20(16)10-18(14)22;1-6-10-8-11(7-2)12(9-10)13(3,4)5;2*1-10(2,3)9-7-5-4-6-8-9;;/h8-12H,7H2,1-6H3;9-10H,6-7H2,1-5H3;2*5-8H,1-3H3;1H2;/q4*-1;;. The molecule has 0 spiro atoms. The fraction of sp³-hybridized carbons (Fsp3) is 0.441. The van der Waals surface area contributed by atoms with Gasteiger partial charge in [-0.2, -0.15) is 89.0 Å². The molecule has 0 aliphatic heterocycles. The van der Waals surface area contributed by atoms with Gasteiger partial charge in [0, 0.05) is 5.41 Å². The summed E-state index contributed by atoms with van der Waals surface area (Å²) in [4.78, 5) is 0. The first kappa shape index (κ1) is 49.3. The van der Waals surface area contributed by atoms with Crippen molar-refractivity contribution >= 4 is 15.4 Å². The van der Waals surface area contributed by atoms with Crippen LogP contribution in [0.15, 0.2) is 96.1 Å². The maximum atomic E-state index is 3.65. The van der Waals surface area contributed by atoms with Crippen LogP contribution in [0.3, 0.4) is 0 Å². The fourth-order valence-corrected chi connectivity index (χ4v) is 8.91. The Bertz CT molecular complexity index is 2100. The van der Waals surface area contributed by atoms with E-state index in [9.17, 15) is 0 Å². The van der Waals surface area contributed by atoms with Gasteiger partial charge < -0.3 is 0 Å². The van der Waals surface area contributed by atoms with Crippen LogP contribution in [-0.2, 0) is 52.3 Å². The van der Waals surface area contributed by atoms with Gasteiger partial charge in [0.15, 0.2) is 0 Å². The molecule has 0 aromatic heterocycles. The van der Waals surface area contributed by atoms with Gasteiger partial charge in [-0.15, -0.1) is 11.6 Å². The Labute approximate surface area is 383 Å². The Kier molecular flexibility index (Phi) is 15.9. The Morgan fingerprint density at radius 1 is 0.650 bits per heavy atom. The molecule has 8 rings (SSSR count). The van der Waals surface area contributed by atoms with E-state index in [1.54, 1.807) is 0 Å². The Balaban J connectivity index is 0.000000192. The number of allylic oxidation sites excluding steroid dienone is 8. The van der Waals surface area contributed by atoms with Gasteiger partial charge in [-0.3, -0.25) is 12.2 Å². The monoisotopic (exact) mass is 872 g/mol. The van der Waals surface area contributed by atoms with Gasteiger partial charge in [0.1, 0.15) is 0 Å². The molecule has 0 heterocycles. The second-order valence-corrected chi connectivity index (χ2v) is 21.1. The number of fused-ring (bicyclic) bond motifs is 5. The van der Waals surface area contributed by atoms with Crippen molar-refractivity contribution < 1.29 is 24.2 Å². The first-order chi connectivity index (χ1) is 27.9. The van der Waals surface area contributed by atoms with Gasteiger partial charge in [-0.1, -0.05) is 159 Å². The predicted molar refractivity (Wildman–Crippen MR) is 260 cm³/mol. The van der Waals surface area contributed by atoms with Gasteiger partial charge in [0.25, 0.3) is 0 Å². The SMILES string of the molecule is CC(C)(C)c1cc[c-]cc1.CC(C)(C)c1cc[c-]cc1.CC1=[C-]C(C)(C)c2cc3c(cc21)-c1cc2c(cc1C3)C(C)(C)C=C2C.CCC1=[C-]C(CC)C=C1C(C)(C)C.[CH2]=[Zr]. The summed E-state index contributed by atoms with van der Waals surface area (Å²) in [5, 5.41) is 0. The molecule has 4 aliphatic carbocycles. The van der Waals surface area contributed by atoms with E-state index >= 15 is 0 Å². The molecule has 4 aromatic rings. The molecule has 1 heteroatoms. The van der Waals surface area contributed by atoms with Gasteiger partial charge in [-0.05, 0) is 69.2 Å². The first-order valence-electron chi connectivity index (χ1n) is 22.2. The van der Waals surface area contributed by atoms with E-state index in [1.165, 1.54) is 109 Å². The average molecular weight is 874 g/mol. The summed E-state index contributed by atoms with van der Waals surface area (Å²) >= 11 is 1.30. The molecule has 318 valence electrons. The molecule has 0 saturated carbocycles. The van der Waals surface area contributed by atoms with Crippen molar-refractivity contribution in [1.29, 1.82) is 0 Å². The fourth-order valence-electron chi connectivity index (χ4n) is 8.91. The van der Waals surface area contributed by atoms with Crippen LogP contribution in [0, 0.1) is 35.6 Å². The van der Waals surface area contributed by atoms with Crippen molar-refractivity contribution in [2.45, 2.75) is 159 Å². The third kappa shape index (κ3) is 11.5. The molecule has 1 atom stereocenters. The molecule has 4 aromatic carbocycles. The Morgan fingerprint density at radius 3 is 1.52 bits per heavy atom. The minimum atomic E-state index is 0.0340. The van der Waals surface area contributed by atoms with Crippen molar-refractivity contribution in [3.8, 4) is 11.1 Å². The maximum absolute atomic E-state index is 3.65. The molecule has 0 amide bonds. The van der Waals surface area contributed by atoms with Crippen LogP contribution < -0.4 is 0 Å². The molecule has 4 aliphatic rings. The number of benzene rings is 4. The second kappa shape index (κ2) is 19.3. The summed E-state index contributed by atoms with van der Waals surface area (Å²) in [6.07, 6.45) is 15.4. The quantitative estimate of drug-likeness (QED) is 0.155. The van der Waals surface area contributed by atoms with Gasteiger partial charge in [0.05, 0.1) is 0 Å². The Hall–Kier alpha value is -3.41. The van der Waals surface area contributed by atoms with E-state index in [1.807, 2.05) is 24.3 Å². The summed E-state index contributed by atoms with van der Waals surface area (Å²) in [6.45, 7) is 38.3. The molecule has 0 nitrogen and oxygen atoms in total. The van der Waals surface area contributed by atoms with Crippen molar-refractivity contribution in [2.75, 3.05) is 0 Å². The molecule has 0 saturated heterocycles. The number of hydrogen-bond acceptors (Lipinski definition) is 0. The summed E-state index contributed by atoms with van der Waals surface area (Å²) in [7, 11) is 0. The van der Waals surface area contributed by atoms with Crippen LogP contribution in [-0.4, -0.2) is 4.21 Å². The average Bonchev–Trinajstić information content (AvgIpc) is 3.90. The van der Waals surface area contributed by atoms with Crippen molar-refractivity contribution in [2.24, 2.45) is 11.3 Å². The molecule has 0 radical (unpaired) electrons. The predicted octanol–water partition coefficient (Wildman–Crippen LogP) is 16.1. The van der Waals surface area contributed by atoms with E-state index in [-0.39, 0.29) is 21.7 Å². The summed E-state index contributed by atoms with van der Waals surface area (Å²) in [5.74, 6) is 0.573. The summed E-state index contributed by atoms with van der Waals surface area (Å²) < 4.78 is 3.34. The van der Waals surface area contributed by atoms with Crippen LogP contribution in [0.5, 0.6) is 0 Å². The number of hydrogen-bond donors (Lipinski definition) is 0. The van der Waals surface area contributed by atoms with E-state index in [2.05, 4.69) is 207 Å². The summed E-state index contributed by atoms with van der Waals surface area (Å²) in [6, 6.07) is 32.1. The van der Waals surface area contributed by atoms with E-state index in [0.717, 1.165) is 12.8 Å². The van der Waals surface area contributed by atoms with Crippen LogP contribution >= 0.6 is 0 Å². The zero-order chi connectivity index (χ0) is 45.0. The molecular weight excluding hydrogens is 800 g/mol. The molecule has 1 unspecified atom stereocenters. The molecular formula is C59H74Zr-4. The van der Waals surface area contributed by atoms with E-state index in [4.69, 9.17) is 0 Å². The minimum absolute atomic E-state index is 0.0340. The van der Waals surface area contributed by atoms with Gasteiger partial charge in [-0.25, -0.2) is 11.1 Å². The molecule has 60 heavy (non-hydrogen) atoms. The van der Waals surface area contributed by atoms with E-state index < -0.39 is 0 Å². The second-order valence-electron chi connectivity index (χ2n) is 21.1. The molecule has 0 bridgehead atoms. The van der Waals surface area contributed by atoms with Crippen LogP contribution in [0.2, 0.25) is 0 Å². The van der Waals surface area contributed by atoms with Crippen molar-refractivity contribution in [3.05, 3.63) is 165 Å². The van der Waals surface area contributed by atoms with Gasteiger partial charge in [0.2, 0.25) is 0 Å². The Morgan fingerprint density at radius 2 is 1.12 bits per heavy atom. The zero-order valence-corrected chi connectivity index (χ0v) is 42.9. The van der Waals surface area contributed by atoms with Crippen molar-refractivity contribution in [1.82, 2.24) is 0 Å². The van der Waals surface area contributed by atoms with Gasteiger partial charge >= 0.3 is 28.4 Å². The molecule has 0 fully saturated rings. The summed E-state index contributed by atoms with van der Waals surface area (Å²) in [5.41, 5.74) is 21.1. The topological polar surface area (TPSA) is 0 Å². The van der Waals surface area contributed by atoms with Crippen LogP contribution in [0.25, 0.3) is 22.3 Å². The third-order valence-corrected chi connectivity index (χ3v) is 12.3. The van der Waals surface area contributed by atoms with E-state index in [0.29, 0.717) is 11.3 Å².